The SMILES string of the molecule is CCOC(=O)CNC1CCC2(N)C(C1)C[C@H](N)[C@@](N)(COC)C2/C=C/C1=CC=C(c2cccc(F)c2)CN1C. The number of esters is 1. The van der Waals surface area contributed by atoms with Crippen LogP contribution in [0, 0.1) is 17.7 Å². The summed E-state index contributed by atoms with van der Waals surface area (Å²) in [4.78, 5) is 14.0. The molecule has 1 aromatic rings. The summed E-state index contributed by atoms with van der Waals surface area (Å²) in [5, 5.41) is 3.35. The maximum atomic E-state index is 13.8. The van der Waals surface area contributed by atoms with Crippen molar-refractivity contribution in [1.82, 2.24) is 10.2 Å². The van der Waals surface area contributed by atoms with Crippen molar-refractivity contribution in [2.24, 2.45) is 29.0 Å². The lowest BCUT2D eigenvalue weighted by molar-refractivity contribution is -0.142. The summed E-state index contributed by atoms with van der Waals surface area (Å²) in [5.74, 6) is -0.566. The molecule has 9 heteroatoms. The Morgan fingerprint density at radius 1 is 1.28 bits per heavy atom. The molecule has 39 heavy (non-hydrogen) atoms. The van der Waals surface area contributed by atoms with Gasteiger partial charge in [0.05, 0.1) is 25.3 Å². The van der Waals surface area contributed by atoms with Crippen LogP contribution in [0.15, 0.2) is 54.3 Å². The molecule has 0 saturated heterocycles. The van der Waals surface area contributed by atoms with Crippen LogP contribution in [0.3, 0.4) is 0 Å². The van der Waals surface area contributed by atoms with Gasteiger partial charge in [-0.3, -0.25) is 4.79 Å². The van der Waals surface area contributed by atoms with Gasteiger partial charge in [0.2, 0.25) is 0 Å². The molecule has 214 valence electrons. The molecule has 0 amide bonds. The highest BCUT2D eigenvalue weighted by atomic mass is 19.1. The minimum absolute atomic E-state index is 0.140. The fraction of sp³-hybridized carbons (Fsp3) is 0.567. The number of nitrogens with zero attached hydrogens (tertiary/aromatic N) is 1. The molecule has 8 nitrogen and oxygen atoms in total. The van der Waals surface area contributed by atoms with Crippen molar-refractivity contribution in [1.29, 1.82) is 0 Å². The number of allylic oxidation sites excluding steroid dienone is 3. The van der Waals surface area contributed by atoms with E-state index in [4.69, 9.17) is 26.7 Å². The van der Waals surface area contributed by atoms with Crippen LogP contribution in [0.4, 0.5) is 4.39 Å². The van der Waals surface area contributed by atoms with Gasteiger partial charge in [0, 0.05) is 49.9 Å². The second kappa shape index (κ2) is 12.3. The Morgan fingerprint density at radius 3 is 2.77 bits per heavy atom. The number of halogens is 1. The number of carbonyl (C=O) groups excluding carboxylic acids is 1. The van der Waals surface area contributed by atoms with Crippen molar-refractivity contribution < 1.29 is 18.7 Å². The molecule has 1 aliphatic heterocycles. The van der Waals surface area contributed by atoms with E-state index >= 15 is 0 Å². The fourth-order valence-corrected chi connectivity index (χ4v) is 6.69. The highest BCUT2D eigenvalue weighted by Gasteiger charge is 2.58. The molecule has 3 aliphatic rings. The molecule has 1 aromatic carbocycles. The first kappa shape index (κ1) is 29.4. The summed E-state index contributed by atoms with van der Waals surface area (Å²) in [6, 6.07) is 6.53. The number of fused-ring (bicyclic) bond motifs is 1. The standard InChI is InChI=1S/C30H44FN5O3/c1-4-39-28(37)17-35-24-12-13-29(33)22(15-24)16-27(32)30(34,19-38-3)26(29)11-10-25-9-8-21(18-36(25)2)20-6-5-7-23(31)14-20/h5-11,14,22,24,26-27,35H,4,12-13,15-19,32-34H2,1-3H3/b11-10+/t22?,24?,26?,27-,29?,30+/m0/s1. The molecule has 2 aliphatic carbocycles. The van der Waals surface area contributed by atoms with Crippen LogP contribution in [-0.2, 0) is 14.3 Å². The molecule has 4 rings (SSSR count). The average molecular weight is 542 g/mol. The zero-order valence-corrected chi connectivity index (χ0v) is 23.4. The third-order valence-corrected chi connectivity index (χ3v) is 8.83. The third kappa shape index (κ3) is 6.28. The molecule has 7 N–H and O–H groups in total. The lowest BCUT2D eigenvalue weighted by atomic mass is 9.52. The van der Waals surface area contributed by atoms with Gasteiger partial charge < -0.3 is 36.9 Å². The molecule has 6 atom stereocenters. The lowest BCUT2D eigenvalue weighted by Crippen LogP contribution is -2.76. The van der Waals surface area contributed by atoms with E-state index in [1.807, 2.05) is 25.3 Å². The Kier molecular flexibility index (Phi) is 9.29. The van der Waals surface area contributed by atoms with Crippen molar-refractivity contribution in [2.45, 2.75) is 55.8 Å². The van der Waals surface area contributed by atoms with Crippen molar-refractivity contribution in [3.05, 3.63) is 65.6 Å². The maximum absolute atomic E-state index is 13.8. The second-order valence-electron chi connectivity index (χ2n) is 11.3. The first-order valence-corrected chi connectivity index (χ1v) is 13.9. The number of likely N-dealkylation sites (N-methyl/N-ethyl adjacent to an activating group) is 1. The number of ether oxygens (including phenoxy) is 2. The highest BCUT2D eigenvalue weighted by Crippen LogP contribution is 2.49. The molecule has 0 bridgehead atoms. The van der Waals surface area contributed by atoms with E-state index < -0.39 is 11.1 Å². The smallest absolute Gasteiger partial charge is 0.319 e. The van der Waals surface area contributed by atoms with Crippen LogP contribution < -0.4 is 22.5 Å². The molecule has 0 aromatic heterocycles. The predicted octanol–water partition coefficient (Wildman–Crippen LogP) is 2.30. The Balaban J connectivity index is 1.56. The molecular weight excluding hydrogens is 497 g/mol. The molecule has 2 saturated carbocycles. The van der Waals surface area contributed by atoms with Gasteiger partial charge in [-0.1, -0.05) is 24.3 Å². The number of rotatable bonds is 9. The van der Waals surface area contributed by atoms with Crippen LogP contribution >= 0.6 is 0 Å². The van der Waals surface area contributed by atoms with Crippen molar-refractivity contribution >= 4 is 11.5 Å². The Bertz CT molecular complexity index is 1120. The summed E-state index contributed by atoms with van der Waals surface area (Å²) >= 11 is 0. The van der Waals surface area contributed by atoms with E-state index in [0.29, 0.717) is 26.2 Å². The minimum atomic E-state index is -0.821. The average Bonchev–Trinajstić information content (AvgIpc) is 2.89. The Labute approximate surface area is 231 Å². The third-order valence-electron chi connectivity index (χ3n) is 8.83. The van der Waals surface area contributed by atoms with E-state index in [9.17, 15) is 9.18 Å². The highest BCUT2D eigenvalue weighted by molar-refractivity contribution is 5.71. The van der Waals surface area contributed by atoms with Crippen molar-refractivity contribution in [3.63, 3.8) is 0 Å². The topological polar surface area (TPSA) is 129 Å². The van der Waals surface area contributed by atoms with Gasteiger partial charge in [-0.2, -0.15) is 0 Å². The van der Waals surface area contributed by atoms with Crippen LogP contribution in [0.1, 0.15) is 38.2 Å². The predicted molar refractivity (Wildman–Crippen MR) is 152 cm³/mol. The quantitative estimate of drug-likeness (QED) is 0.351. The summed E-state index contributed by atoms with van der Waals surface area (Å²) in [5.41, 5.74) is 22.6. The van der Waals surface area contributed by atoms with Gasteiger partial charge >= 0.3 is 5.97 Å². The molecular formula is C30H44FN5O3. The normalized spacial score (nSPS) is 32.9. The van der Waals surface area contributed by atoms with Crippen molar-refractivity contribution in [3.8, 4) is 0 Å². The lowest BCUT2D eigenvalue weighted by Gasteiger charge is -2.59. The first-order chi connectivity index (χ1) is 18.6. The fourth-order valence-electron chi connectivity index (χ4n) is 6.69. The largest absolute Gasteiger partial charge is 0.465 e. The van der Waals surface area contributed by atoms with Gasteiger partial charge in [-0.25, -0.2) is 4.39 Å². The van der Waals surface area contributed by atoms with E-state index in [-0.39, 0.29) is 42.3 Å². The van der Waals surface area contributed by atoms with Gasteiger partial charge in [-0.05, 0) is 73.9 Å². The van der Waals surface area contributed by atoms with E-state index in [1.54, 1.807) is 26.2 Å². The van der Waals surface area contributed by atoms with Crippen LogP contribution in [0.25, 0.3) is 5.57 Å². The van der Waals surface area contributed by atoms with E-state index in [0.717, 1.165) is 36.1 Å². The number of nitrogens with one attached hydrogen (secondary N) is 1. The van der Waals surface area contributed by atoms with Crippen LogP contribution in [0.2, 0.25) is 0 Å². The molecule has 0 spiro atoms. The molecule has 2 fully saturated rings. The number of benzene rings is 1. The number of methoxy groups -OCH3 is 1. The number of nitrogens with two attached hydrogens (primary N) is 3. The first-order valence-electron chi connectivity index (χ1n) is 13.9. The summed E-state index contributed by atoms with van der Waals surface area (Å²) < 4.78 is 24.4. The van der Waals surface area contributed by atoms with Crippen LogP contribution in [-0.4, -0.2) is 74.5 Å². The zero-order valence-electron chi connectivity index (χ0n) is 23.4. The number of carbonyl (C=O) groups is 1. The second-order valence-corrected chi connectivity index (χ2v) is 11.3. The number of hydrogen-bond acceptors (Lipinski definition) is 8. The zero-order chi connectivity index (χ0) is 28.2. The maximum Gasteiger partial charge on any atom is 0.319 e. The van der Waals surface area contributed by atoms with Gasteiger partial charge in [0.1, 0.15) is 5.82 Å². The summed E-state index contributed by atoms with van der Waals surface area (Å²) in [6.45, 7) is 3.32. The summed E-state index contributed by atoms with van der Waals surface area (Å²) in [7, 11) is 3.66. The van der Waals surface area contributed by atoms with Gasteiger partial charge in [-0.15, -0.1) is 0 Å². The minimum Gasteiger partial charge on any atom is -0.465 e. The molecule has 0 radical (unpaired) electrons. The van der Waals surface area contributed by atoms with E-state index in [2.05, 4.69) is 22.4 Å². The molecule has 1 heterocycles. The molecule has 4 unspecified atom stereocenters. The summed E-state index contributed by atoms with van der Waals surface area (Å²) in [6.07, 6.45) is 11.4. The van der Waals surface area contributed by atoms with Gasteiger partial charge in [0.15, 0.2) is 0 Å². The Hall–Kier alpha value is -2.56. The van der Waals surface area contributed by atoms with Crippen molar-refractivity contribution in [2.75, 3.05) is 40.5 Å². The van der Waals surface area contributed by atoms with Crippen LogP contribution in [0.5, 0.6) is 0 Å². The van der Waals surface area contributed by atoms with Gasteiger partial charge in [0.25, 0.3) is 0 Å². The monoisotopic (exact) mass is 541 g/mol. The van der Waals surface area contributed by atoms with E-state index in [1.165, 1.54) is 6.07 Å². The Morgan fingerprint density at radius 2 is 2.08 bits per heavy atom. The number of hydrogen-bond donors (Lipinski definition) is 4.